The van der Waals surface area contributed by atoms with Gasteiger partial charge in [0.2, 0.25) is 0 Å². The number of ether oxygens (including phenoxy) is 2. The third-order valence-corrected chi connectivity index (χ3v) is 5.40. The summed E-state index contributed by atoms with van der Waals surface area (Å²) < 4.78 is 11.2. The summed E-state index contributed by atoms with van der Waals surface area (Å²) in [5, 5.41) is 13.2. The first-order valence-corrected chi connectivity index (χ1v) is 10.1. The molecule has 0 bridgehead atoms. The second-order valence-corrected chi connectivity index (χ2v) is 7.47. The van der Waals surface area contributed by atoms with E-state index in [-0.39, 0.29) is 18.2 Å². The largest absolute Gasteiger partial charge is 0.390 e. The Hall–Kier alpha value is -0.200. The molecule has 0 aromatic heterocycles. The Balaban J connectivity index is 1.30. The summed E-state index contributed by atoms with van der Waals surface area (Å²) in [7, 11) is 0. The third kappa shape index (κ3) is 7.79. The van der Waals surface area contributed by atoms with Crippen LogP contribution in [0.25, 0.3) is 0 Å². The van der Waals surface area contributed by atoms with Gasteiger partial charge in [-0.05, 0) is 25.7 Å². The van der Waals surface area contributed by atoms with Crippen molar-refractivity contribution in [1.82, 2.24) is 5.32 Å². The molecule has 4 N–H and O–H groups in total. The molecule has 2 heterocycles. The van der Waals surface area contributed by atoms with E-state index < -0.39 is 0 Å². The highest BCUT2D eigenvalue weighted by molar-refractivity contribution is 4.92. The molecular formula is C19H38N2O3. The maximum atomic E-state index is 9.88. The van der Waals surface area contributed by atoms with Crippen LogP contribution < -0.4 is 11.1 Å². The fraction of sp³-hybridized carbons (Fsp3) is 1.00. The predicted molar refractivity (Wildman–Crippen MR) is 97.1 cm³/mol. The average molecular weight is 343 g/mol. The van der Waals surface area contributed by atoms with Gasteiger partial charge in [0, 0.05) is 38.4 Å². The van der Waals surface area contributed by atoms with Crippen molar-refractivity contribution in [3.63, 3.8) is 0 Å². The van der Waals surface area contributed by atoms with E-state index in [4.69, 9.17) is 15.2 Å². The summed E-state index contributed by atoms with van der Waals surface area (Å²) in [6.07, 6.45) is 13.6. The van der Waals surface area contributed by atoms with Crippen molar-refractivity contribution in [1.29, 1.82) is 0 Å². The summed E-state index contributed by atoms with van der Waals surface area (Å²) >= 11 is 0. The normalized spacial score (nSPS) is 28.5. The lowest BCUT2D eigenvalue weighted by Gasteiger charge is -2.22. The number of rotatable bonds is 12. The first kappa shape index (κ1) is 20.1. The number of nitrogens with two attached hydrogens (primary N) is 1. The summed E-state index contributed by atoms with van der Waals surface area (Å²) in [5.74, 6) is 0. The van der Waals surface area contributed by atoms with E-state index in [1.165, 1.54) is 51.4 Å². The number of hydrogen-bond donors (Lipinski definition) is 3. The number of aliphatic hydroxyl groups excluding tert-OH is 1. The number of unbranched alkanes of at least 4 members (excludes halogenated alkanes) is 7. The minimum Gasteiger partial charge on any atom is -0.390 e. The Kier molecular flexibility index (Phi) is 10.2. The van der Waals surface area contributed by atoms with Gasteiger partial charge in [-0.15, -0.1) is 0 Å². The molecule has 0 aliphatic carbocycles. The van der Waals surface area contributed by atoms with Crippen molar-refractivity contribution < 1.29 is 14.6 Å². The van der Waals surface area contributed by atoms with E-state index >= 15 is 0 Å². The molecule has 0 aromatic rings. The van der Waals surface area contributed by atoms with Crippen LogP contribution in [0.2, 0.25) is 0 Å². The highest BCUT2D eigenvalue weighted by atomic mass is 16.5. The van der Waals surface area contributed by atoms with Crippen LogP contribution in [-0.4, -0.2) is 55.8 Å². The van der Waals surface area contributed by atoms with Gasteiger partial charge in [-0.1, -0.05) is 44.9 Å². The van der Waals surface area contributed by atoms with E-state index in [2.05, 4.69) is 5.32 Å². The lowest BCUT2D eigenvalue weighted by molar-refractivity contribution is -0.0327. The van der Waals surface area contributed by atoms with E-state index in [0.29, 0.717) is 6.10 Å². The molecule has 142 valence electrons. The topological polar surface area (TPSA) is 76.7 Å². The molecule has 5 nitrogen and oxygen atoms in total. The second-order valence-electron chi connectivity index (χ2n) is 7.47. The van der Waals surface area contributed by atoms with Crippen molar-refractivity contribution in [3.8, 4) is 0 Å². The van der Waals surface area contributed by atoms with Gasteiger partial charge in [-0.2, -0.15) is 0 Å². The van der Waals surface area contributed by atoms with Gasteiger partial charge < -0.3 is 25.6 Å². The highest BCUT2D eigenvalue weighted by Gasteiger charge is 2.30. The summed E-state index contributed by atoms with van der Waals surface area (Å²) in [6, 6.07) is 0.140. The van der Waals surface area contributed by atoms with Crippen LogP contribution in [0.4, 0.5) is 0 Å². The second kappa shape index (κ2) is 12.2. The van der Waals surface area contributed by atoms with Crippen molar-refractivity contribution in [2.24, 2.45) is 5.73 Å². The first-order chi connectivity index (χ1) is 11.8. The first-order valence-electron chi connectivity index (χ1n) is 10.1. The van der Waals surface area contributed by atoms with Gasteiger partial charge in [0.1, 0.15) is 0 Å². The van der Waals surface area contributed by atoms with Gasteiger partial charge in [0.15, 0.2) is 0 Å². The molecular weight excluding hydrogens is 304 g/mol. The molecule has 2 rings (SSSR count). The number of nitrogens with one attached hydrogen (secondary N) is 1. The highest BCUT2D eigenvalue weighted by Crippen LogP contribution is 2.16. The zero-order valence-corrected chi connectivity index (χ0v) is 15.3. The van der Waals surface area contributed by atoms with E-state index in [9.17, 15) is 5.11 Å². The van der Waals surface area contributed by atoms with Gasteiger partial charge >= 0.3 is 0 Å². The van der Waals surface area contributed by atoms with Crippen molar-refractivity contribution >= 4 is 0 Å². The molecule has 0 spiro atoms. The molecule has 3 atom stereocenters. The minimum atomic E-state index is -0.353. The van der Waals surface area contributed by atoms with Crippen LogP contribution in [0.15, 0.2) is 0 Å². The Bertz CT molecular complexity index is 311. The van der Waals surface area contributed by atoms with E-state index in [1.54, 1.807) is 0 Å². The average Bonchev–Trinajstić information content (AvgIpc) is 2.92. The molecule has 0 amide bonds. The zero-order valence-electron chi connectivity index (χ0n) is 15.3. The summed E-state index contributed by atoms with van der Waals surface area (Å²) in [5.41, 5.74) is 5.80. The fourth-order valence-electron chi connectivity index (χ4n) is 3.72. The molecule has 2 aliphatic heterocycles. The maximum absolute atomic E-state index is 9.88. The van der Waals surface area contributed by atoms with Crippen molar-refractivity contribution in [3.05, 3.63) is 0 Å². The van der Waals surface area contributed by atoms with Crippen LogP contribution in [0.5, 0.6) is 0 Å². The summed E-state index contributed by atoms with van der Waals surface area (Å²) in [6.45, 7) is 3.41. The van der Waals surface area contributed by atoms with Gasteiger partial charge in [0.25, 0.3) is 0 Å². The van der Waals surface area contributed by atoms with Crippen molar-refractivity contribution in [2.75, 3.05) is 26.4 Å². The van der Waals surface area contributed by atoms with Crippen LogP contribution in [0.1, 0.15) is 70.6 Å². The lowest BCUT2D eigenvalue weighted by Crippen LogP contribution is -2.37. The molecule has 5 heteroatoms. The van der Waals surface area contributed by atoms with Gasteiger partial charge in [-0.25, -0.2) is 0 Å². The molecule has 0 aromatic carbocycles. The van der Waals surface area contributed by atoms with Crippen LogP contribution in [0.3, 0.4) is 0 Å². The maximum Gasteiger partial charge on any atom is 0.0856 e. The van der Waals surface area contributed by atoms with Crippen LogP contribution in [0, 0.1) is 0 Å². The van der Waals surface area contributed by atoms with Crippen LogP contribution in [-0.2, 0) is 9.47 Å². The standard InChI is InChI=1S/C19H38N2O3/c20-17-15-21-18(19(17)22)9-7-5-3-1-2-4-6-8-12-24-16-10-13-23-14-11-16/h16-19,21-22H,1-15,20H2/t17-,18+,19-/m0/s1. The number of aliphatic hydroxyl groups is 1. The molecule has 24 heavy (non-hydrogen) atoms. The Morgan fingerprint density at radius 2 is 1.58 bits per heavy atom. The smallest absolute Gasteiger partial charge is 0.0856 e. The predicted octanol–water partition coefficient (Wildman–Crippen LogP) is 2.35. The molecule has 0 radical (unpaired) electrons. The third-order valence-electron chi connectivity index (χ3n) is 5.40. The Morgan fingerprint density at radius 3 is 2.21 bits per heavy atom. The fourth-order valence-corrected chi connectivity index (χ4v) is 3.72. The zero-order chi connectivity index (χ0) is 17.0. The van der Waals surface area contributed by atoms with E-state index in [0.717, 1.165) is 45.6 Å². The summed E-state index contributed by atoms with van der Waals surface area (Å²) in [4.78, 5) is 0. The molecule has 2 fully saturated rings. The quantitative estimate of drug-likeness (QED) is 0.475. The SMILES string of the molecule is N[C@H]1CN[C@H](CCCCCCCCCCOC2CCOCC2)[C@H]1O. The van der Waals surface area contributed by atoms with Gasteiger partial charge in [-0.3, -0.25) is 0 Å². The Labute approximate surface area is 147 Å². The Morgan fingerprint density at radius 1 is 0.958 bits per heavy atom. The lowest BCUT2D eigenvalue weighted by atomic mass is 10.0. The molecule has 2 saturated heterocycles. The van der Waals surface area contributed by atoms with Crippen molar-refractivity contribution in [2.45, 2.75) is 94.9 Å². The monoisotopic (exact) mass is 342 g/mol. The molecule has 0 saturated carbocycles. The van der Waals surface area contributed by atoms with Gasteiger partial charge in [0.05, 0.1) is 12.2 Å². The molecule has 0 unspecified atom stereocenters. The molecule has 2 aliphatic rings. The minimum absolute atomic E-state index is 0.0783. The van der Waals surface area contributed by atoms with Crippen LogP contribution >= 0.6 is 0 Å². The number of hydrogen-bond acceptors (Lipinski definition) is 5. The van der Waals surface area contributed by atoms with E-state index in [1.807, 2.05) is 0 Å².